The fourth-order valence-electron chi connectivity index (χ4n) is 7.57. The van der Waals surface area contributed by atoms with E-state index in [1.165, 1.54) is 30.9 Å². The Morgan fingerprint density at radius 2 is 1.97 bits per heavy atom. The summed E-state index contributed by atoms with van der Waals surface area (Å²) in [5.74, 6) is 1.12. The van der Waals surface area contributed by atoms with Gasteiger partial charge in [0.2, 0.25) is 0 Å². The van der Waals surface area contributed by atoms with Gasteiger partial charge in [0, 0.05) is 23.7 Å². The van der Waals surface area contributed by atoms with E-state index in [0.717, 1.165) is 49.5 Å². The lowest BCUT2D eigenvalue weighted by molar-refractivity contribution is -0.119. The Kier molecular flexibility index (Phi) is 6.25. The van der Waals surface area contributed by atoms with Gasteiger partial charge in [0.15, 0.2) is 5.78 Å². The Morgan fingerprint density at radius 1 is 1.18 bits per heavy atom. The van der Waals surface area contributed by atoms with Gasteiger partial charge in [0.05, 0.1) is 6.04 Å². The third-order valence-corrected chi connectivity index (χ3v) is 9.63. The molecule has 1 saturated heterocycles. The van der Waals surface area contributed by atoms with E-state index in [4.69, 9.17) is 0 Å². The highest BCUT2D eigenvalue weighted by Gasteiger charge is 2.55. The highest BCUT2D eigenvalue weighted by Crippen LogP contribution is 2.55. The average Bonchev–Trinajstić information content (AvgIpc) is 3.68. The van der Waals surface area contributed by atoms with Crippen LogP contribution in [0, 0.1) is 17.8 Å². The first-order valence-electron chi connectivity index (χ1n) is 14.3. The molecule has 2 bridgehead atoms. The number of carbonyl (C=O) groups is 2. The molecule has 2 aromatic rings. The predicted molar refractivity (Wildman–Crippen MR) is 146 cm³/mol. The number of aromatic amines is 1. The van der Waals surface area contributed by atoms with Crippen molar-refractivity contribution in [3.8, 4) is 5.75 Å². The first kappa shape index (κ1) is 25.4. The summed E-state index contributed by atoms with van der Waals surface area (Å²) >= 11 is 0. The van der Waals surface area contributed by atoms with Crippen molar-refractivity contribution in [3.05, 3.63) is 62.6 Å². The second-order valence-corrected chi connectivity index (χ2v) is 12.7. The number of nitrogens with zero attached hydrogens (tertiary/aromatic N) is 1. The summed E-state index contributed by atoms with van der Waals surface area (Å²) in [6.07, 6.45) is 6.65. The van der Waals surface area contributed by atoms with Crippen LogP contribution in [0.25, 0.3) is 0 Å². The van der Waals surface area contributed by atoms with Crippen molar-refractivity contribution in [2.45, 2.75) is 83.2 Å². The maximum Gasteiger partial charge on any atom is 0.261 e. The summed E-state index contributed by atoms with van der Waals surface area (Å²) in [6, 6.07) is 7.43. The number of nitrogens with one attached hydrogen (secondary N) is 2. The maximum absolute atomic E-state index is 13.2. The van der Waals surface area contributed by atoms with Gasteiger partial charge in [-0.1, -0.05) is 19.9 Å². The quantitative estimate of drug-likeness (QED) is 0.522. The van der Waals surface area contributed by atoms with E-state index in [-0.39, 0.29) is 22.7 Å². The number of piperidine rings is 1. The number of phenolic OH excluding ortho intramolecular Hbond substituents is 1. The van der Waals surface area contributed by atoms with Gasteiger partial charge in [0.1, 0.15) is 11.3 Å². The number of aromatic hydroxyl groups is 1. The van der Waals surface area contributed by atoms with E-state index in [9.17, 15) is 19.5 Å². The monoisotopic (exact) mass is 517 g/mol. The lowest BCUT2D eigenvalue weighted by Gasteiger charge is -2.59. The molecule has 3 N–H and O–H groups in total. The molecule has 1 aliphatic heterocycles. The minimum absolute atomic E-state index is 0.0866. The molecular formula is C31H39N3O4. The van der Waals surface area contributed by atoms with E-state index in [1.807, 2.05) is 19.9 Å². The van der Waals surface area contributed by atoms with E-state index < -0.39 is 17.5 Å². The fourth-order valence-corrected chi connectivity index (χ4v) is 7.57. The minimum atomic E-state index is -0.598. The molecule has 1 saturated carbocycles. The van der Waals surface area contributed by atoms with Gasteiger partial charge >= 0.3 is 0 Å². The fraction of sp³-hybridized carbons (Fsp3) is 0.581. The zero-order chi connectivity index (χ0) is 26.8. The first-order chi connectivity index (χ1) is 18.1. The van der Waals surface area contributed by atoms with Gasteiger partial charge in [-0.15, -0.1) is 0 Å². The van der Waals surface area contributed by atoms with Gasteiger partial charge in [-0.2, -0.15) is 0 Å². The molecule has 0 radical (unpaired) electrons. The molecule has 7 heteroatoms. The molecule has 2 fully saturated rings. The normalized spacial score (nSPS) is 26.7. The maximum atomic E-state index is 13.2. The smallest absolute Gasteiger partial charge is 0.261 e. The SMILES string of the molecule is CC(=O)[C@H](CC(C)C)NC(=O)c1cc2c([nH]c1=O)C[C@]13CCN(CC4CC4)[C@H](Cc4ccc(O)cc41)[C@@H]3C2. The molecule has 0 spiro atoms. The Labute approximate surface area is 224 Å². The van der Waals surface area contributed by atoms with Crippen LogP contribution in [0.1, 0.15) is 79.2 Å². The number of carbonyl (C=O) groups excluding carboxylic acids is 2. The summed E-state index contributed by atoms with van der Waals surface area (Å²) in [5, 5.41) is 13.2. The second-order valence-electron chi connectivity index (χ2n) is 12.7. The van der Waals surface area contributed by atoms with Crippen LogP contribution in [0.2, 0.25) is 0 Å². The number of likely N-dealkylation sites (tertiary alicyclic amines) is 1. The lowest BCUT2D eigenvalue weighted by Crippen LogP contribution is -2.63. The number of benzene rings is 1. The standard InChI is InChI=1S/C31H39N3O4/c1-17(2)10-26(18(3)35)32-29(37)23-11-21-12-25-28-13-20-6-7-22(36)14-24(20)31(25,15-27(21)33-30(23)38)8-9-34(28)16-19-4-5-19/h6-7,11,14,17,19,25-26,28,36H,4-5,8-10,12-13,15-16H2,1-3H3,(H,32,37)(H,33,38)/t25-,26-,28+,31+/m0/s1. The lowest BCUT2D eigenvalue weighted by atomic mass is 9.52. The van der Waals surface area contributed by atoms with Crippen molar-refractivity contribution >= 4 is 11.7 Å². The number of fused-ring (bicyclic) bond motifs is 2. The van der Waals surface area contributed by atoms with Crippen LogP contribution in [0.15, 0.2) is 29.1 Å². The van der Waals surface area contributed by atoms with Gasteiger partial charge in [-0.25, -0.2) is 0 Å². The van der Waals surface area contributed by atoms with Crippen molar-refractivity contribution in [1.29, 1.82) is 0 Å². The van der Waals surface area contributed by atoms with Gasteiger partial charge < -0.3 is 15.4 Å². The number of H-pyrrole nitrogens is 1. The topological polar surface area (TPSA) is 102 Å². The Hall–Kier alpha value is -2.93. The third-order valence-electron chi connectivity index (χ3n) is 9.63. The summed E-state index contributed by atoms with van der Waals surface area (Å²) in [5.41, 5.74) is 4.02. The number of rotatable bonds is 7. The zero-order valence-electron chi connectivity index (χ0n) is 22.7. The molecular weight excluding hydrogens is 478 g/mol. The largest absolute Gasteiger partial charge is 0.508 e. The second kappa shape index (κ2) is 9.37. The molecule has 6 rings (SSSR count). The summed E-state index contributed by atoms with van der Waals surface area (Å²) < 4.78 is 0. The first-order valence-corrected chi connectivity index (χ1v) is 14.3. The number of amides is 1. The van der Waals surface area contributed by atoms with Crippen LogP contribution in [-0.2, 0) is 29.5 Å². The van der Waals surface area contributed by atoms with E-state index in [2.05, 4.69) is 21.3 Å². The Balaban J connectivity index is 1.36. The predicted octanol–water partition coefficient (Wildman–Crippen LogP) is 3.51. The number of hydrogen-bond donors (Lipinski definition) is 3. The molecule has 38 heavy (non-hydrogen) atoms. The van der Waals surface area contributed by atoms with Gasteiger partial charge in [0.25, 0.3) is 11.5 Å². The molecule has 2 heterocycles. The van der Waals surface area contributed by atoms with Crippen LogP contribution in [0.3, 0.4) is 0 Å². The molecule has 202 valence electrons. The van der Waals surface area contributed by atoms with Crippen molar-refractivity contribution < 1.29 is 14.7 Å². The number of ketones is 1. The van der Waals surface area contributed by atoms with Crippen LogP contribution in [0.5, 0.6) is 5.75 Å². The summed E-state index contributed by atoms with van der Waals surface area (Å²) in [6.45, 7) is 7.69. The molecule has 4 aliphatic rings. The molecule has 1 aromatic heterocycles. The summed E-state index contributed by atoms with van der Waals surface area (Å²) in [4.78, 5) is 44.3. The van der Waals surface area contributed by atoms with E-state index >= 15 is 0 Å². The van der Waals surface area contributed by atoms with E-state index in [0.29, 0.717) is 30.6 Å². The molecule has 0 unspecified atom stereocenters. The van der Waals surface area contributed by atoms with Crippen molar-refractivity contribution in [2.24, 2.45) is 17.8 Å². The van der Waals surface area contributed by atoms with Crippen molar-refractivity contribution in [3.63, 3.8) is 0 Å². The highest BCUT2D eigenvalue weighted by atomic mass is 16.3. The van der Waals surface area contributed by atoms with Gasteiger partial charge in [-0.3, -0.25) is 19.3 Å². The molecule has 7 nitrogen and oxygen atoms in total. The van der Waals surface area contributed by atoms with Crippen LogP contribution >= 0.6 is 0 Å². The molecule has 3 aliphatic carbocycles. The van der Waals surface area contributed by atoms with Gasteiger partial charge in [-0.05, 0) is 111 Å². The van der Waals surface area contributed by atoms with Crippen LogP contribution < -0.4 is 10.9 Å². The number of pyridine rings is 1. The zero-order valence-corrected chi connectivity index (χ0v) is 22.7. The Bertz CT molecular complexity index is 1340. The van der Waals surface area contributed by atoms with Crippen LogP contribution in [-0.4, -0.2) is 51.9 Å². The third kappa shape index (κ3) is 4.39. The number of phenols is 1. The van der Waals surface area contributed by atoms with Crippen molar-refractivity contribution in [1.82, 2.24) is 15.2 Å². The number of Topliss-reactive ketones (excluding diaryl/α,β-unsaturated/α-hetero) is 1. The minimum Gasteiger partial charge on any atom is -0.508 e. The number of hydrogen-bond acceptors (Lipinski definition) is 5. The van der Waals surface area contributed by atoms with Crippen molar-refractivity contribution in [2.75, 3.05) is 13.1 Å². The highest BCUT2D eigenvalue weighted by molar-refractivity contribution is 5.97. The average molecular weight is 518 g/mol. The van der Waals surface area contributed by atoms with E-state index in [1.54, 1.807) is 12.1 Å². The molecule has 4 atom stereocenters. The molecule has 1 amide bonds. The summed E-state index contributed by atoms with van der Waals surface area (Å²) in [7, 11) is 0. The molecule has 1 aromatic carbocycles. The van der Waals surface area contributed by atoms with Crippen LogP contribution in [0.4, 0.5) is 0 Å². The number of aromatic nitrogens is 1. The Morgan fingerprint density at radius 3 is 2.68 bits per heavy atom.